The maximum atomic E-state index is 12.2. The number of carbonyl (C=O) groups excluding carboxylic acids is 1. The van der Waals surface area contributed by atoms with Crippen LogP contribution in [0.1, 0.15) is 42.9 Å². The molecule has 0 aliphatic heterocycles. The molecule has 0 unspecified atom stereocenters. The number of amides is 1. The summed E-state index contributed by atoms with van der Waals surface area (Å²) in [5.74, 6) is 1.40. The van der Waals surface area contributed by atoms with Gasteiger partial charge in [-0.2, -0.15) is 0 Å². The molecule has 2 N–H and O–H groups in total. The molecular formula is C19H26N2O4S. The van der Waals surface area contributed by atoms with Gasteiger partial charge < -0.3 is 9.73 Å². The van der Waals surface area contributed by atoms with Gasteiger partial charge in [-0.25, -0.2) is 13.1 Å². The molecule has 0 aliphatic carbocycles. The number of aryl methyl sites for hydroxylation is 2. The predicted molar refractivity (Wildman–Crippen MR) is 101 cm³/mol. The monoisotopic (exact) mass is 378 g/mol. The Morgan fingerprint density at radius 1 is 1.12 bits per heavy atom. The molecule has 142 valence electrons. The van der Waals surface area contributed by atoms with E-state index in [0.29, 0.717) is 24.9 Å². The first-order valence-electron chi connectivity index (χ1n) is 8.64. The third-order valence-corrected chi connectivity index (χ3v) is 5.27. The van der Waals surface area contributed by atoms with Crippen molar-refractivity contribution in [3.8, 4) is 0 Å². The second-order valence-corrected chi connectivity index (χ2v) is 8.34. The summed E-state index contributed by atoms with van der Waals surface area (Å²) in [6.45, 7) is 5.72. The van der Waals surface area contributed by atoms with Crippen molar-refractivity contribution >= 4 is 15.9 Å². The lowest BCUT2D eigenvalue weighted by Gasteiger charge is -2.13. The van der Waals surface area contributed by atoms with E-state index in [1.54, 1.807) is 26.0 Å². The number of sulfonamides is 1. The average Bonchev–Trinajstić information content (AvgIpc) is 2.96. The van der Waals surface area contributed by atoms with E-state index in [1.807, 2.05) is 31.2 Å². The molecular weight excluding hydrogens is 352 g/mol. The molecule has 0 radical (unpaired) electrons. The van der Waals surface area contributed by atoms with E-state index in [4.69, 9.17) is 4.42 Å². The minimum Gasteiger partial charge on any atom is -0.466 e. The summed E-state index contributed by atoms with van der Waals surface area (Å²) in [7, 11) is -3.41. The second kappa shape index (κ2) is 9.00. The standard InChI is InChI=1S/C19H26N2O4S/c1-14(2)21-26(23,24)13-17-7-5-4-6-16(17)12-20-19(22)11-10-18-9-8-15(3)25-18/h4-9,14,21H,10-13H2,1-3H3,(H,20,22). The highest BCUT2D eigenvalue weighted by Gasteiger charge is 2.15. The molecule has 1 amide bonds. The Morgan fingerprint density at radius 3 is 2.42 bits per heavy atom. The minimum atomic E-state index is -3.41. The first-order chi connectivity index (χ1) is 12.2. The SMILES string of the molecule is Cc1ccc(CCC(=O)NCc2ccccc2CS(=O)(=O)NC(C)C)o1. The Labute approximate surface area is 155 Å². The van der Waals surface area contributed by atoms with E-state index in [0.717, 1.165) is 17.1 Å². The molecule has 26 heavy (non-hydrogen) atoms. The summed E-state index contributed by atoms with van der Waals surface area (Å²) in [6.07, 6.45) is 0.857. The van der Waals surface area contributed by atoms with Crippen molar-refractivity contribution in [3.05, 3.63) is 59.0 Å². The number of carbonyl (C=O) groups is 1. The maximum absolute atomic E-state index is 12.2. The molecule has 1 heterocycles. The van der Waals surface area contributed by atoms with Gasteiger partial charge in [0.1, 0.15) is 11.5 Å². The van der Waals surface area contributed by atoms with Crippen molar-refractivity contribution in [2.75, 3.05) is 0 Å². The maximum Gasteiger partial charge on any atom is 0.220 e. The Kier molecular flexibility index (Phi) is 6.99. The molecule has 2 rings (SSSR count). The van der Waals surface area contributed by atoms with Crippen molar-refractivity contribution < 1.29 is 17.6 Å². The van der Waals surface area contributed by atoms with Gasteiger partial charge >= 0.3 is 0 Å². The van der Waals surface area contributed by atoms with E-state index >= 15 is 0 Å². The smallest absolute Gasteiger partial charge is 0.220 e. The number of rotatable bonds is 9. The zero-order valence-electron chi connectivity index (χ0n) is 15.4. The normalized spacial score (nSPS) is 11.7. The van der Waals surface area contributed by atoms with Crippen LogP contribution in [0.15, 0.2) is 40.8 Å². The molecule has 0 atom stereocenters. The summed E-state index contributed by atoms with van der Waals surface area (Å²) in [5, 5.41) is 2.85. The van der Waals surface area contributed by atoms with E-state index in [-0.39, 0.29) is 17.7 Å². The van der Waals surface area contributed by atoms with Crippen LogP contribution in [0, 0.1) is 6.92 Å². The number of hydrogen-bond donors (Lipinski definition) is 2. The third-order valence-electron chi connectivity index (χ3n) is 3.75. The Balaban J connectivity index is 1.92. The molecule has 0 bridgehead atoms. The van der Waals surface area contributed by atoms with Gasteiger partial charge in [-0.05, 0) is 44.0 Å². The minimum absolute atomic E-state index is 0.1000. The second-order valence-electron chi connectivity index (χ2n) is 6.59. The van der Waals surface area contributed by atoms with Gasteiger partial charge in [-0.1, -0.05) is 24.3 Å². The Hall–Kier alpha value is -2.12. The van der Waals surface area contributed by atoms with Crippen LogP contribution in [0.5, 0.6) is 0 Å². The Bertz CT molecular complexity index is 841. The van der Waals surface area contributed by atoms with Crippen LogP contribution in [0.2, 0.25) is 0 Å². The van der Waals surface area contributed by atoms with Gasteiger partial charge in [-0.3, -0.25) is 4.79 Å². The van der Waals surface area contributed by atoms with Gasteiger partial charge in [0.25, 0.3) is 0 Å². The fraction of sp³-hybridized carbons (Fsp3) is 0.421. The lowest BCUT2D eigenvalue weighted by Crippen LogP contribution is -2.32. The van der Waals surface area contributed by atoms with Gasteiger partial charge in [0.2, 0.25) is 15.9 Å². The van der Waals surface area contributed by atoms with Gasteiger partial charge in [0.05, 0.1) is 5.75 Å². The summed E-state index contributed by atoms with van der Waals surface area (Å²) in [6, 6.07) is 10.8. The van der Waals surface area contributed by atoms with Gasteiger partial charge in [-0.15, -0.1) is 0 Å². The number of furan rings is 1. The lowest BCUT2D eigenvalue weighted by molar-refractivity contribution is -0.121. The fourth-order valence-electron chi connectivity index (χ4n) is 2.61. The highest BCUT2D eigenvalue weighted by atomic mass is 32.2. The average molecular weight is 378 g/mol. The molecule has 1 aromatic heterocycles. The number of hydrogen-bond acceptors (Lipinski definition) is 4. The molecule has 0 saturated carbocycles. The summed E-state index contributed by atoms with van der Waals surface area (Å²) in [4.78, 5) is 12.1. The Morgan fingerprint density at radius 2 is 1.81 bits per heavy atom. The molecule has 7 heteroatoms. The quantitative estimate of drug-likeness (QED) is 0.702. The fourth-order valence-corrected chi connectivity index (χ4v) is 4.11. The first kappa shape index (κ1) is 20.2. The lowest BCUT2D eigenvalue weighted by atomic mass is 10.1. The van der Waals surface area contributed by atoms with Crippen LogP contribution in [0.3, 0.4) is 0 Å². The highest BCUT2D eigenvalue weighted by molar-refractivity contribution is 7.88. The predicted octanol–water partition coefficient (Wildman–Crippen LogP) is 2.66. The van der Waals surface area contributed by atoms with E-state index in [1.165, 1.54) is 0 Å². The largest absolute Gasteiger partial charge is 0.466 e. The van der Waals surface area contributed by atoms with Crippen LogP contribution in [-0.4, -0.2) is 20.4 Å². The number of nitrogens with one attached hydrogen (secondary N) is 2. The zero-order chi connectivity index (χ0) is 19.2. The van der Waals surface area contributed by atoms with Crippen molar-refractivity contribution in [1.82, 2.24) is 10.0 Å². The van der Waals surface area contributed by atoms with Crippen LogP contribution in [0.25, 0.3) is 0 Å². The molecule has 2 aromatic rings. The van der Waals surface area contributed by atoms with E-state index < -0.39 is 10.0 Å². The molecule has 0 fully saturated rings. The summed E-state index contributed by atoms with van der Waals surface area (Å²) >= 11 is 0. The van der Waals surface area contributed by atoms with Gasteiger partial charge in [0.15, 0.2) is 0 Å². The molecule has 6 nitrogen and oxygen atoms in total. The van der Waals surface area contributed by atoms with Crippen LogP contribution < -0.4 is 10.0 Å². The van der Waals surface area contributed by atoms with E-state index in [9.17, 15) is 13.2 Å². The topological polar surface area (TPSA) is 88.4 Å². The summed E-state index contributed by atoms with van der Waals surface area (Å²) in [5.41, 5.74) is 1.48. The van der Waals surface area contributed by atoms with Gasteiger partial charge in [0, 0.05) is 25.4 Å². The molecule has 0 aliphatic rings. The van der Waals surface area contributed by atoms with Crippen LogP contribution in [-0.2, 0) is 33.5 Å². The highest BCUT2D eigenvalue weighted by Crippen LogP contribution is 2.13. The van der Waals surface area contributed by atoms with Crippen molar-refractivity contribution in [2.45, 2.75) is 52.0 Å². The van der Waals surface area contributed by atoms with Crippen LogP contribution >= 0.6 is 0 Å². The number of benzene rings is 1. The third kappa shape index (κ3) is 6.65. The van der Waals surface area contributed by atoms with Crippen molar-refractivity contribution in [2.24, 2.45) is 0 Å². The van der Waals surface area contributed by atoms with Crippen molar-refractivity contribution in [3.63, 3.8) is 0 Å². The van der Waals surface area contributed by atoms with Crippen molar-refractivity contribution in [1.29, 1.82) is 0 Å². The van der Waals surface area contributed by atoms with Crippen LogP contribution in [0.4, 0.5) is 0 Å². The molecule has 0 spiro atoms. The molecule has 1 aromatic carbocycles. The molecule has 0 saturated heterocycles. The summed E-state index contributed by atoms with van der Waals surface area (Å²) < 4.78 is 32.3. The van der Waals surface area contributed by atoms with E-state index in [2.05, 4.69) is 10.0 Å². The first-order valence-corrected chi connectivity index (χ1v) is 10.3. The zero-order valence-corrected chi connectivity index (χ0v) is 16.2.